The van der Waals surface area contributed by atoms with Gasteiger partial charge in [0, 0.05) is 6.54 Å². The van der Waals surface area contributed by atoms with Crippen LogP contribution in [0.1, 0.15) is 39.7 Å². The fourth-order valence-corrected chi connectivity index (χ4v) is 3.26. The van der Waals surface area contributed by atoms with Gasteiger partial charge >= 0.3 is 11.9 Å². The van der Waals surface area contributed by atoms with E-state index in [1.54, 1.807) is 19.1 Å². The topological polar surface area (TPSA) is 86.0 Å². The van der Waals surface area contributed by atoms with Crippen molar-refractivity contribution >= 4 is 5.91 Å². The second-order valence-corrected chi connectivity index (χ2v) is 7.33. The number of carbonyl (C=O) groups excluding carboxylic acids is 1. The number of aryl methyl sites for hydroxylation is 2. The highest BCUT2D eigenvalue weighted by molar-refractivity contribution is 5.91. The van der Waals surface area contributed by atoms with E-state index in [1.165, 1.54) is 12.1 Å². The van der Waals surface area contributed by atoms with Gasteiger partial charge in [0.15, 0.2) is 0 Å². The van der Waals surface area contributed by atoms with Crippen LogP contribution in [0.15, 0.2) is 52.1 Å². The van der Waals surface area contributed by atoms with Gasteiger partial charge in [-0.3, -0.25) is 14.2 Å². The number of hydrogen-bond acceptors (Lipinski definition) is 4. The first-order valence-corrected chi connectivity index (χ1v) is 9.78. The molecule has 1 heterocycles. The summed E-state index contributed by atoms with van der Waals surface area (Å²) in [6.45, 7) is 5.23. The zero-order valence-corrected chi connectivity index (χ0v) is 17.7. The van der Waals surface area contributed by atoms with Crippen molar-refractivity contribution in [2.45, 2.75) is 33.5 Å². The normalized spacial score (nSPS) is 11.4. The summed E-state index contributed by atoms with van der Waals surface area (Å²) in [5.41, 5.74) is -0.745. The Morgan fingerprint density at radius 2 is 1.62 bits per heavy atom. The van der Waals surface area contributed by atoms with Gasteiger partial charge in [-0.15, -0.1) is 0 Å². The molecule has 168 valence electrons. The third-order valence-corrected chi connectivity index (χ3v) is 4.69. The Hall–Kier alpha value is -3.69. The smallest absolute Gasteiger partial charge is 0.351 e. The molecule has 3 rings (SSSR count). The van der Waals surface area contributed by atoms with Crippen molar-refractivity contribution in [1.82, 2.24) is 19.7 Å². The highest BCUT2D eigenvalue weighted by Gasteiger charge is 2.30. The molecule has 0 aliphatic rings. The maximum atomic E-state index is 13.1. The molecular formula is C22H21F3N4O3. The van der Waals surface area contributed by atoms with Crippen molar-refractivity contribution in [2.75, 3.05) is 6.54 Å². The van der Waals surface area contributed by atoms with Crippen LogP contribution in [0.5, 0.6) is 0 Å². The van der Waals surface area contributed by atoms with Crippen LogP contribution in [0.25, 0.3) is 5.69 Å². The van der Waals surface area contributed by atoms with Crippen molar-refractivity contribution in [1.29, 1.82) is 0 Å². The number of alkyl halides is 3. The molecule has 0 unspecified atom stereocenters. The molecule has 1 aromatic heterocycles. The van der Waals surface area contributed by atoms with Gasteiger partial charge in [0.2, 0.25) is 5.69 Å². The summed E-state index contributed by atoms with van der Waals surface area (Å²) in [7, 11) is 0. The summed E-state index contributed by atoms with van der Waals surface area (Å²) in [5, 5.41) is 6.49. The number of rotatable bonds is 5. The fourth-order valence-electron chi connectivity index (χ4n) is 3.26. The van der Waals surface area contributed by atoms with Crippen molar-refractivity contribution in [3.8, 4) is 5.69 Å². The number of amides is 1. The molecule has 7 nitrogen and oxygen atoms in total. The summed E-state index contributed by atoms with van der Waals surface area (Å²) in [4.78, 5) is 38.5. The molecule has 0 saturated heterocycles. The molecule has 32 heavy (non-hydrogen) atoms. The largest absolute Gasteiger partial charge is 0.416 e. The van der Waals surface area contributed by atoms with E-state index < -0.39 is 34.6 Å². The monoisotopic (exact) mass is 446 g/mol. The first kappa shape index (κ1) is 23.0. The first-order chi connectivity index (χ1) is 15.0. The van der Waals surface area contributed by atoms with Gasteiger partial charge in [0.1, 0.15) is 0 Å². The van der Waals surface area contributed by atoms with Crippen LogP contribution in [-0.2, 0) is 12.7 Å². The van der Waals surface area contributed by atoms with E-state index in [4.69, 9.17) is 0 Å². The van der Waals surface area contributed by atoms with Crippen LogP contribution < -0.4 is 16.6 Å². The van der Waals surface area contributed by atoms with Gasteiger partial charge in [0.05, 0.1) is 17.8 Å². The number of hydrogen-bond donors (Lipinski definition) is 1. The minimum absolute atomic E-state index is 0.238. The number of nitrogens with zero attached hydrogens (tertiary/aromatic N) is 3. The molecule has 1 N–H and O–H groups in total. The first-order valence-electron chi connectivity index (χ1n) is 9.78. The minimum atomic E-state index is -4.51. The molecule has 0 atom stereocenters. The van der Waals surface area contributed by atoms with Crippen molar-refractivity contribution in [3.63, 3.8) is 0 Å². The Bertz CT molecular complexity index is 1260. The van der Waals surface area contributed by atoms with Gasteiger partial charge in [-0.05, 0) is 61.7 Å². The second-order valence-electron chi connectivity index (χ2n) is 7.33. The van der Waals surface area contributed by atoms with Crippen LogP contribution in [0.2, 0.25) is 0 Å². The Kier molecular flexibility index (Phi) is 6.33. The van der Waals surface area contributed by atoms with Gasteiger partial charge in [-0.25, -0.2) is 4.79 Å². The van der Waals surface area contributed by atoms with E-state index in [9.17, 15) is 27.6 Å². The molecule has 3 aromatic rings. The average Bonchev–Trinajstić information content (AvgIpc) is 2.70. The van der Waals surface area contributed by atoms with Gasteiger partial charge in [-0.2, -0.15) is 23.0 Å². The predicted octanol–water partition coefficient (Wildman–Crippen LogP) is 2.83. The highest BCUT2D eigenvalue weighted by Crippen LogP contribution is 2.29. The Morgan fingerprint density at radius 3 is 2.16 bits per heavy atom. The maximum Gasteiger partial charge on any atom is 0.416 e. The lowest BCUT2D eigenvalue weighted by molar-refractivity contribution is -0.137. The van der Waals surface area contributed by atoms with Crippen LogP contribution in [0.4, 0.5) is 13.2 Å². The van der Waals surface area contributed by atoms with Crippen LogP contribution in [0.3, 0.4) is 0 Å². The highest BCUT2D eigenvalue weighted by atomic mass is 19.4. The Balaban J connectivity index is 2.18. The molecule has 0 bridgehead atoms. The molecule has 0 aliphatic heterocycles. The van der Waals surface area contributed by atoms with Gasteiger partial charge in [-0.1, -0.05) is 18.2 Å². The predicted molar refractivity (Wildman–Crippen MR) is 112 cm³/mol. The summed E-state index contributed by atoms with van der Waals surface area (Å²) in [5.74, 6) is -0.753. The summed E-state index contributed by atoms with van der Waals surface area (Å²) < 4.78 is 40.2. The molecule has 0 aliphatic carbocycles. The molecule has 0 spiro atoms. The zero-order chi connectivity index (χ0) is 23.6. The SMILES string of the molecule is CCNC(=O)c1nn(-c2cc(C)cc(C)c2)c(=O)n(Cc2ccc(C(F)(F)F)cc2)c1=O. The lowest BCUT2D eigenvalue weighted by atomic mass is 10.1. The number of halogens is 3. The number of benzene rings is 2. The Labute approximate surface area is 181 Å². The van der Waals surface area contributed by atoms with Gasteiger partial charge < -0.3 is 5.32 Å². The van der Waals surface area contributed by atoms with Crippen LogP contribution in [-0.4, -0.2) is 26.8 Å². The third-order valence-electron chi connectivity index (χ3n) is 4.69. The molecular weight excluding hydrogens is 425 g/mol. The summed E-state index contributed by atoms with van der Waals surface area (Å²) >= 11 is 0. The van der Waals surface area contributed by atoms with Crippen molar-refractivity contribution in [3.05, 3.63) is 91.3 Å². The second kappa shape index (κ2) is 8.81. The minimum Gasteiger partial charge on any atom is -0.351 e. The van der Waals surface area contributed by atoms with E-state index in [0.717, 1.165) is 32.5 Å². The molecule has 1 amide bonds. The van der Waals surface area contributed by atoms with Crippen molar-refractivity contribution < 1.29 is 18.0 Å². The van der Waals surface area contributed by atoms with E-state index >= 15 is 0 Å². The Morgan fingerprint density at radius 1 is 1.03 bits per heavy atom. The summed E-state index contributed by atoms with van der Waals surface area (Å²) in [6, 6.07) is 9.34. The molecule has 10 heteroatoms. The standard InChI is InChI=1S/C22H21F3N4O3/c1-4-26-19(30)18-20(31)28(12-15-5-7-16(8-6-15)22(23,24)25)21(32)29(27-18)17-10-13(2)9-14(3)11-17/h5-11H,4,12H2,1-3H3,(H,26,30). The van der Waals surface area contributed by atoms with E-state index in [2.05, 4.69) is 10.4 Å². The lowest BCUT2D eigenvalue weighted by Crippen LogP contribution is -2.46. The lowest BCUT2D eigenvalue weighted by Gasteiger charge is -2.13. The van der Waals surface area contributed by atoms with E-state index in [-0.39, 0.29) is 18.7 Å². The number of carbonyl (C=O) groups is 1. The fraction of sp³-hybridized carbons (Fsp3) is 0.273. The van der Waals surface area contributed by atoms with Crippen molar-refractivity contribution in [2.24, 2.45) is 0 Å². The average molecular weight is 446 g/mol. The van der Waals surface area contributed by atoms with Gasteiger partial charge in [0.25, 0.3) is 11.5 Å². The molecule has 0 saturated carbocycles. The molecule has 0 fully saturated rings. The zero-order valence-electron chi connectivity index (χ0n) is 17.7. The quantitative estimate of drug-likeness (QED) is 0.653. The third kappa shape index (κ3) is 4.79. The van der Waals surface area contributed by atoms with Crippen LogP contribution >= 0.6 is 0 Å². The number of aromatic nitrogens is 3. The maximum absolute atomic E-state index is 13.1. The number of nitrogens with one attached hydrogen (secondary N) is 1. The summed E-state index contributed by atoms with van der Waals surface area (Å²) in [6.07, 6.45) is -4.51. The van der Waals surface area contributed by atoms with E-state index in [0.29, 0.717) is 5.69 Å². The van der Waals surface area contributed by atoms with E-state index in [1.807, 2.05) is 19.9 Å². The molecule has 0 radical (unpaired) electrons. The van der Waals surface area contributed by atoms with Crippen LogP contribution in [0, 0.1) is 13.8 Å². The molecule has 2 aromatic carbocycles.